The van der Waals surface area contributed by atoms with Gasteiger partial charge in [-0.15, -0.1) is 10.2 Å². The highest BCUT2D eigenvalue weighted by Crippen LogP contribution is 2.26. The van der Waals surface area contributed by atoms with E-state index in [0.29, 0.717) is 34.1 Å². The van der Waals surface area contributed by atoms with Gasteiger partial charge in [-0.3, -0.25) is 9.59 Å². The first-order valence-electron chi connectivity index (χ1n) is 9.58. The van der Waals surface area contributed by atoms with Crippen LogP contribution < -0.4 is 15.4 Å². The molecule has 0 fully saturated rings. The number of nitrogens with zero attached hydrogens (tertiary/aromatic N) is 5. The molecule has 0 saturated heterocycles. The van der Waals surface area contributed by atoms with Gasteiger partial charge in [0.2, 0.25) is 11.7 Å². The number of hydrogen-bond donors (Lipinski definition) is 2. The molecule has 4 rings (SSSR count). The van der Waals surface area contributed by atoms with Crippen LogP contribution in [0, 0.1) is 6.92 Å². The van der Waals surface area contributed by atoms with Gasteiger partial charge in [0.15, 0.2) is 5.82 Å². The molecule has 0 spiro atoms. The number of ether oxygens (including phenoxy) is 1. The fraction of sp³-hybridized carbons (Fsp3) is 0.143. The molecule has 0 bridgehead atoms. The van der Waals surface area contributed by atoms with Crippen molar-refractivity contribution in [1.29, 1.82) is 0 Å². The van der Waals surface area contributed by atoms with Crippen molar-refractivity contribution in [3.63, 3.8) is 0 Å². The highest BCUT2D eigenvalue weighted by atomic mass is 16.5. The van der Waals surface area contributed by atoms with Crippen LogP contribution in [0.4, 0.5) is 11.5 Å². The van der Waals surface area contributed by atoms with Crippen molar-refractivity contribution in [1.82, 2.24) is 25.4 Å². The largest absolute Gasteiger partial charge is 0.496 e. The van der Waals surface area contributed by atoms with Gasteiger partial charge < -0.3 is 19.9 Å². The fourth-order valence-electron chi connectivity index (χ4n) is 2.96. The topological polar surface area (TPSA) is 137 Å². The van der Waals surface area contributed by atoms with Crippen molar-refractivity contribution in [2.45, 2.75) is 13.5 Å². The van der Waals surface area contributed by atoms with Gasteiger partial charge in [0.1, 0.15) is 18.1 Å². The molecule has 2 amide bonds. The number of aromatic nitrogens is 5. The van der Waals surface area contributed by atoms with E-state index >= 15 is 0 Å². The molecule has 2 N–H and O–H groups in total. The Balaban J connectivity index is 1.50. The van der Waals surface area contributed by atoms with Crippen molar-refractivity contribution in [3.8, 4) is 17.1 Å². The smallest absolute Gasteiger partial charge is 0.259 e. The van der Waals surface area contributed by atoms with Crippen LogP contribution in [-0.2, 0) is 11.3 Å². The number of amides is 2. The highest BCUT2D eigenvalue weighted by molar-refractivity contribution is 6.07. The number of hydrogen-bond acceptors (Lipinski definition) is 8. The standard InChI is InChI=1S/C21H19N7O4/c1-13-11-18(26-32-13)23-19(29)12-28-25-20(24-27-28)14-7-3-5-9-16(14)22-21(30)15-8-4-6-10-17(15)31-2/h3-11H,12H2,1-2H3,(H,22,30)(H,23,26,29). The quantitative estimate of drug-likeness (QED) is 0.454. The van der Waals surface area contributed by atoms with Crippen LogP contribution in [0.3, 0.4) is 0 Å². The zero-order valence-corrected chi connectivity index (χ0v) is 17.3. The van der Waals surface area contributed by atoms with Crippen LogP contribution in [0.1, 0.15) is 16.1 Å². The fourth-order valence-corrected chi connectivity index (χ4v) is 2.96. The van der Waals surface area contributed by atoms with Gasteiger partial charge in [-0.05, 0) is 36.4 Å². The number of nitrogens with one attached hydrogen (secondary N) is 2. The molecule has 0 radical (unpaired) electrons. The highest BCUT2D eigenvalue weighted by Gasteiger charge is 2.17. The number of tetrazole rings is 1. The molecule has 0 aliphatic heterocycles. The second-order valence-corrected chi connectivity index (χ2v) is 6.71. The number of para-hydroxylation sites is 2. The molecule has 0 unspecified atom stereocenters. The Morgan fingerprint density at radius 1 is 1.09 bits per heavy atom. The number of benzene rings is 2. The lowest BCUT2D eigenvalue weighted by Gasteiger charge is -2.11. The average Bonchev–Trinajstić information content (AvgIpc) is 3.42. The summed E-state index contributed by atoms with van der Waals surface area (Å²) in [5.41, 5.74) is 1.43. The molecule has 2 aromatic heterocycles. The van der Waals surface area contributed by atoms with Gasteiger partial charge in [0.25, 0.3) is 5.91 Å². The Hall–Kier alpha value is -4.54. The molecule has 11 nitrogen and oxygen atoms in total. The van der Waals surface area contributed by atoms with Gasteiger partial charge in [-0.1, -0.05) is 29.4 Å². The first-order valence-corrected chi connectivity index (χ1v) is 9.58. The molecular formula is C21H19N7O4. The van der Waals surface area contributed by atoms with Crippen LogP contribution in [0.5, 0.6) is 5.75 Å². The third-order valence-electron chi connectivity index (χ3n) is 4.40. The van der Waals surface area contributed by atoms with Crippen molar-refractivity contribution in [2.24, 2.45) is 0 Å². The molecular weight excluding hydrogens is 414 g/mol. The summed E-state index contributed by atoms with van der Waals surface area (Å²) in [4.78, 5) is 26.1. The predicted molar refractivity (Wildman–Crippen MR) is 114 cm³/mol. The molecule has 162 valence electrons. The molecule has 2 heterocycles. The van der Waals surface area contributed by atoms with Crippen molar-refractivity contribution in [2.75, 3.05) is 17.7 Å². The summed E-state index contributed by atoms with van der Waals surface area (Å²) < 4.78 is 10.2. The maximum atomic E-state index is 12.8. The molecule has 11 heteroatoms. The van der Waals surface area contributed by atoms with E-state index in [2.05, 4.69) is 31.2 Å². The van der Waals surface area contributed by atoms with Crippen LogP contribution >= 0.6 is 0 Å². The number of carbonyl (C=O) groups excluding carboxylic acids is 2. The normalized spacial score (nSPS) is 10.6. The summed E-state index contributed by atoms with van der Waals surface area (Å²) in [6.07, 6.45) is 0. The molecule has 0 aliphatic rings. The minimum absolute atomic E-state index is 0.172. The van der Waals surface area contributed by atoms with Gasteiger partial charge in [0, 0.05) is 11.6 Å². The first kappa shape index (κ1) is 20.7. The van der Waals surface area contributed by atoms with Gasteiger partial charge in [-0.2, -0.15) is 4.80 Å². The minimum atomic E-state index is -0.389. The second-order valence-electron chi connectivity index (χ2n) is 6.71. The van der Waals surface area contributed by atoms with Crippen LogP contribution in [0.15, 0.2) is 59.1 Å². The summed E-state index contributed by atoms with van der Waals surface area (Å²) in [5, 5.41) is 21.3. The monoisotopic (exact) mass is 433 g/mol. The van der Waals surface area contributed by atoms with E-state index in [9.17, 15) is 9.59 Å². The van der Waals surface area contributed by atoms with E-state index in [1.165, 1.54) is 7.11 Å². The average molecular weight is 433 g/mol. The summed E-state index contributed by atoms with van der Waals surface area (Å²) in [7, 11) is 1.50. The third kappa shape index (κ3) is 4.61. The Labute approximate surface area is 182 Å². The van der Waals surface area contributed by atoms with Gasteiger partial charge in [0.05, 0.1) is 18.4 Å². The second kappa shape index (κ2) is 9.08. The van der Waals surface area contributed by atoms with Crippen molar-refractivity contribution >= 4 is 23.3 Å². The van der Waals surface area contributed by atoms with Crippen LogP contribution in [0.2, 0.25) is 0 Å². The number of carbonyl (C=O) groups is 2. The molecule has 2 aromatic carbocycles. The Kier molecular flexibility index (Phi) is 5.88. The minimum Gasteiger partial charge on any atom is -0.496 e. The lowest BCUT2D eigenvalue weighted by molar-refractivity contribution is -0.117. The number of aryl methyl sites for hydroxylation is 1. The maximum Gasteiger partial charge on any atom is 0.259 e. The van der Waals surface area contributed by atoms with Crippen molar-refractivity contribution < 1.29 is 18.8 Å². The molecule has 0 aliphatic carbocycles. The molecule has 0 atom stereocenters. The predicted octanol–water partition coefficient (Wildman–Crippen LogP) is 2.54. The number of anilines is 2. The van der Waals surface area contributed by atoms with E-state index in [0.717, 1.165) is 4.80 Å². The lowest BCUT2D eigenvalue weighted by Crippen LogP contribution is -2.20. The van der Waals surface area contributed by atoms with E-state index < -0.39 is 0 Å². The zero-order chi connectivity index (χ0) is 22.5. The lowest BCUT2D eigenvalue weighted by atomic mass is 10.1. The molecule has 4 aromatic rings. The van der Waals surface area contributed by atoms with Crippen LogP contribution in [-0.4, -0.2) is 44.3 Å². The molecule has 0 saturated carbocycles. The maximum absolute atomic E-state index is 12.8. The Morgan fingerprint density at radius 2 is 1.88 bits per heavy atom. The summed E-state index contributed by atoms with van der Waals surface area (Å²) in [6, 6.07) is 15.5. The summed E-state index contributed by atoms with van der Waals surface area (Å²) in [5.74, 6) is 0.862. The van der Waals surface area contributed by atoms with E-state index in [4.69, 9.17) is 9.26 Å². The summed E-state index contributed by atoms with van der Waals surface area (Å²) >= 11 is 0. The number of rotatable bonds is 7. The van der Waals surface area contributed by atoms with Gasteiger partial charge in [-0.25, -0.2) is 0 Å². The van der Waals surface area contributed by atoms with E-state index in [-0.39, 0.29) is 24.2 Å². The Bertz CT molecular complexity index is 1260. The number of methoxy groups -OCH3 is 1. The third-order valence-corrected chi connectivity index (χ3v) is 4.40. The van der Waals surface area contributed by atoms with E-state index in [1.54, 1.807) is 61.5 Å². The van der Waals surface area contributed by atoms with Gasteiger partial charge >= 0.3 is 0 Å². The zero-order valence-electron chi connectivity index (χ0n) is 17.3. The van der Waals surface area contributed by atoms with E-state index in [1.807, 2.05) is 0 Å². The molecule has 32 heavy (non-hydrogen) atoms. The van der Waals surface area contributed by atoms with Crippen molar-refractivity contribution in [3.05, 3.63) is 65.9 Å². The SMILES string of the molecule is COc1ccccc1C(=O)Nc1ccccc1-c1nnn(CC(=O)Nc2cc(C)on2)n1. The van der Waals surface area contributed by atoms with Crippen LogP contribution in [0.25, 0.3) is 11.4 Å². The summed E-state index contributed by atoms with van der Waals surface area (Å²) in [6.45, 7) is 1.55. The Morgan fingerprint density at radius 3 is 2.66 bits per heavy atom. The first-order chi connectivity index (χ1) is 15.5.